The summed E-state index contributed by atoms with van der Waals surface area (Å²) in [6, 6.07) is 12.5. The molecule has 0 amide bonds. The van der Waals surface area contributed by atoms with E-state index in [0.29, 0.717) is 0 Å². The molecular weight excluding hydrogens is 204 g/mol. The lowest BCUT2D eigenvalue weighted by molar-refractivity contribution is 0.170. The van der Waals surface area contributed by atoms with Crippen LogP contribution in [0.1, 0.15) is 18.1 Å². The van der Waals surface area contributed by atoms with E-state index in [1.165, 1.54) is 15.7 Å². The van der Waals surface area contributed by atoms with E-state index in [-0.39, 0.29) is 6.10 Å². The van der Waals surface area contributed by atoms with Gasteiger partial charge in [0, 0.05) is 10.6 Å². The molecule has 1 aliphatic rings. The molecule has 0 fully saturated rings. The van der Waals surface area contributed by atoms with Crippen molar-refractivity contribution in [3.63, 3.8) is 0 Å². The third-order valence-corrected chi connectivity index (χ3v) is 4.09. The van der Waals surface area contributed by atoms with Crippen molar-refractivity contribution in [2.75, 3.05) is 5.75 Å². The Balaban J connectivity index is 2.33. The molecule has 1 N–H and O–H groups in total. The Morgan fingerprint density at radius 3 is 2.93 bits per heavy atom. The van der Waals surface area contributed by atoms with Gasteiger partial charge in [0.15, 0.2) is 0 Å². The zero-order valence-corrected chi connectivity index (χ0v) is 9.13. The summed E-state index contributed by atoms with van der Waals surface area (Å²) in [4.78, 5) is 1.27. The SMILES string of the molecule is OC1CCSc2c1ccc1ccccc21. The second-order valence-corrected chi connectivity index (χ2v) is 4.96. The van der Waals surface area contributed by atoms with Gasteiger partial charge in [-0.05, 0) is 22.8 Å². The van der Waals surface area contributed by atoms with E-state index in [1.54, 1.807) is 0 Å². The van der Waals surface area contributed by atoms with E-state index >= 15 is 0 Å². The zero-order chi connectivity index (χ0) is 10.3. The molecule has 1 aliphatic heterocycles. The maximum atomic E-state index is 9.91. The summed E-state index contributed by atoms with van der Waals surface area (Å²) in [6.45, 7) is 0. The van der Waals surface area contributed by atoms with Gasteiger partial charge in [0.2, 0.25) is 0 Å². The molecule has 0 radical (unpaired) electrons. The Morgan fingerprint density at radius 1 is 1.13 bits per heavy atom. The molecule has 2 aromatic rings. The molecule has 0 saturated carbocycles. The molecule has 0 spiro atoms. The van der Waals surface area contributed by atoms with Crippen LogP contribution >= 0.6 is 11.8 Å². The summed E-state index contributed by atoms with van der Waals surface area (Å²) in [7, 11) is 0. The summed E-state index contributed by atoms with van der Waals surface area (Å²) < 4.78 is 0. The molecule has 1 heterocycles. The molecule has 15 heavy (non-hydrogen) atoms. The van der Waals surface area contributed by atoms with E-state index in [2.05, 4.69) is 36.4 Å². The highest BCUT2D eigenvalue weighted by molar-refractivity contribution is 7.99. The molecule has 0 aromatic heterocycles. The van der Waals surface area contributed by atoms with Crippen LogP contribution in [-0.4, -0.2) is 10.9 Å². The molecule has 0 saturated heterocycles. The Labute approximate surface area is 93.1 Å². The summed E-state index contributed by atoms with van der Waals surface area (Å²) in [5.41, 5.74) is 1.10. The first kappa shape index (κ1) is 9.25. The minimum absolute atomic E-state index is 0.272. The van der Waals surface area contributed by atoms with Gasteiger partial charge in [-0.2, -0.15) is 0 Å². The third kappa shape index (κ3) is 1.45. The number of hydrogen-bond acceptors (Lipinski definition) is 2. The van der Waals surface area contributed by atoms with Gasteiger partial charge >= 0.3 is 0 Å². The van der Waals surface area contributed by atoms with Crippen molar-refractivity contribution in [1.29, 1.82) is 0 Å². The lowest BCUT2D eigenvalue weighted by atomic mass is 10.0. The highest BCUT2D eigenvalue weighted by Gasteiger charge is 2.19. The van der Waals surface area contributed by atoms with E-state index < -0.39 is 0 Å². The van der Waals surface area contributed by atoms with Crippen LogP contribution in [0.15, 0.2) is 41.3 Å². The first-order valence-corrected chi connectivity index (χ1v) is 6.17. The van der Waals surface area contributed by atoms with Gasteiger partial charge in [0.05, 0.1) is 6.10 Å². The first-order chi connectivity index (χ1) is 7.36. The minimum Gasteiger partial charge on any atom is -0.388 e. The van der Waals surface area contributed by atoms with Crippen LogP contribution in [0.4, 0.5) is 0 Å². The van der Waals surface area contributed by atoms with Crippen LogP contribution in [0, 0.1) is 0 Å². The summed E-state index contributed by atoms with van der Waals surface area (Å²) in [6.07, 6.45) is 0.599. The molecule has 1 atom stereocenters. The molecule has 1 unspecified atom stereocenters. The largest absolute Gasteiger partial charge is 0.388 e. The second-order valence-electron chi connectivity index (χ2n) is 3.86. The quantitative estimate of drug-likeness (QED) is 0.728. The van der Waals surface area contributed by atoms with Gasteiger partial charge in [-0.25, -0.2) is 0 Å². The molecule has 0 aliphatic carbocycles. The maximum Gasteiger partial charge on any atom is 0.0809 e. The number of benzene rings is 2. The van der Waals surface area contributed by atoms with Crippen molar-refractivity contribution in [3.8, 4) is 0 Å². The fourth-order valence-corrected chi connectivity index (χ4v) is 3.37. The van der Waals surface area contributed by atoms with E-state index in [0.717, 1.165) is 17.7 Å². The van der Waals surface area contributed by atoms with Crippen LogP contribution in [0.2, 0.25) is 0 Å². The van der Waals surface area contributed by atoms with Crippen LogP contribution in [-0.2, 0) is 0 Å². The average Bonchev–Trinajstić information content (AvgIpc) is 2.29. The smallest absolute Gasteiger partial charge is 0.0809 e. The molecule has 2 aromatic carbocycles. The fraction of sp³-hybridized carbons (Fsp3) is 0.231. The molecule has 1 nitrogen and oxygen atoms in total. The number of aliphatic hydroxyl groups is 1. The minimum atomic E-state index is -0.272. The Morgan fingerprint density at radius 2 is 2.00 bits per heavy atom. The Kier molecular flexibility index (Phi) is 2.19. The summed E-state index contributed by atoms with van der Waals surface area (Å²) in [5, 5.41) is 12.4. The highest BCUT2D eigenvalue weighted by atomic mass is 32.2. The van der Waals surface area contributed by atoms with Gasteiger partial charge in [-0.15, -0.1) is 11.8 Å². The van der Waals surface area contributed by atoms with Crippen molar-refractivity contribution >= 4 is 22.5 Å². The predicted molar refractivity (Wildman–Crippen MR) is 64.2 cm³/mol. The summed E-state index contributed by atoms with van der Waals surface area (Å²) >= 11 is 1.86. The van der Waals surface area contributed by atoms with E-state index in [9.17, 15) is 5.11 Å². The fourth-order valence-electron chi connectivity index (χ4n) is 2.11. The van der Waals surface area contributed by atoms with Crippen molar-refractivity contribution < 1.29 is 5.11 Å². The van der Waals surface area contributed by atoms with Gasteiger partial charge in [0.1, 0.15) is 0 Å². The van der Waals surface area contributed by atoms with Crippen LogP contribution in [0.5, 0.6) is 0 Å². The van der Waals surface area contributed by atoms with E-state index in [4.69, 9.17) is 0 Å². The Bertz CT molecular complexity index is 507. The Hall–Kier alpha value is -0.990. The van der Waals surface area contributed by atoms with E-state index in [1.807, 2.05) is 11.8 Å². The molecular formula is C13H12OS. The lowest BCUT2D eigenvalue weighted by Crippen LogP contribution is -2.06. The molecule has 0 bridgehead atoms. The highest BCUT2D eigenvalue weighted by Crippen LogP contribution is 2.40. The number of aliphatic hydroxyl groups excluding tert-OH is 1. The molecule has 3 rings (SSSR count). The molecule has 2 heteroatoms. The van der Waals surface area contributed by atoms with Crippen LogP contribution in [0.3, 0.4) is 0 Å². The predicted octanol–water partition coefficient (Wildman–Crippen LogP) is 3.37. The van der Waals surface area contributed by atoms with Crippen LogP contribution < -0.4 is 0 Å². The average molecular weight is 216 g/mol. The number of hydrogen-bond donors (Lipinski definition) is 1. The molecule has 76 valence electrons. The monoisotopic (exact) mass is 216 g/mol. The normalized spacial score (nSPS) is 20.2. The van der Waals surface area contributed by atoms with Crippen LogP contribution in [0.25, 0.3) is 10.8 Å². The number of rotatable bonds is 0. The van der Waals surface area contributed by atoms with Gasteiger partial charge < -0.3 is 5.11 Å². The second kappa shape index (κ2) is 3.54. The zero-order valence-electron chi connectivity index (χ0n) is 8.31. The van der Waals surface area contributed by atoms with Crippen molar-refractivity contribution in [3.05, 3.63) is 42.0 Å². The standard InChI is InChI=1S/C13H12OS/c14-12-7-8-15-13-10-4-2-1-3-9(10)5-6-11(12)13/h1-6,12,14H,7-8H2. The van der Waals surface area contributed by atoms with Crippen molar-refractivity contribution in [1.82, 2.24) is 0 Å². The van der Waals surface area contributed by atoms with Gasteiger partial charge in [-0.3, -0.25) is 0 Å². The maximum absolute atomic E-state index is 9.91. The summed E-state index contributed by atoms with van der Waals surface area (Å²) in [5.74, 6) is 1.02. The van der Waals surface area contributed by atoms with Crippen molar-refractivity contribution in [2.24, 2.45) is 0 Å². The third-order valence-electron chi connectivity index (χ3n) is 2.91. The lowest BCUT2D eigenvalue weighted by Gasteiger charge is -2.22. The number of thioether (sulfide) groups is 1. The van der Waals surface area contributed by atoms with Gasteiger partial charge in [-0.1, -0.05) is 36.4 Å². The van der Waals surface area contributed by atoms with Crippen molar-refractivity contribution in [2.45, 2.75) is 17.4 Å². The topological polar surface area (TPSA) is 20.2 Å². The van der Waals surface area contributed by atoms with Gasteiger partial charge in [0.25, 0.3) is 0 Å². The number of fused-ring (bicyclic) bond motifs is 3. The first-order valence-electron chi connectivity index (χ1n) is 5.19.